The van der Waals surface area contributed by atoms with Gasteiger partial charge in [-0.2, -0.15) is 0 Å². The predicted octanol–water partition coefficient (Wildman–Crippen LogP) is 3.13. The third kappa shape index (κ3) is 6.16. The van der Waals surface area contributed by atoms with E-state index in [9.17, 15) is 14.4 Å². The van der Waals surface area contributed by atoms with E-state index in [1.54, 1.807) is 0 Å². The fourth-order valence-corrected chi connectivity index (χ4v) is 2.45. The van der Waals surface area contributed by atoms with Gasteiger partial charge in [0.05, 0.1) is 6.42 Å². The van der Waals surface area contributed by atoms with Crippen LogP contribution in [0.2, 0.25) is 0 Å². The van der Waals surface area contributed by atoms with Crippen molar-refractivity contribution in [3.63, 3.8) is 0 Å². The first-order valence-corrected chi connectivity index (χ1v) is 8.52. The number of nitrogens with one attached hydrogen (secondary N) is 1. The van der Waals surface area contributed by atoms with Crippen LogP contribution in [0, 0.1) is 13.8 Å². The third-order valence-corrected chi connectivity index (χ3v) is 3.95. The first-order chi connectivity index (χ1) is 12.5. The molecule has 0 unspecified atom stereocenters. The van der Waals surface area contributed by atoms with Crippen molar-refractivity contribution in [3.05, 3.63) is 70.8 Å². The van der Waals surface area contributed by atoms with Gasteiger partial charge in [0.2, 0.25) is 0 Å². The summed E-state index contributed by atoms with van der Waals surface area (Å²) in [6.45, 7) is 3.81. The molecular formula is C21H23NO4. The molecule has 1 N–H and O–H groups in total. The highest BCUT2D eigenvalue weighted by Gasteiger charge is 2.13. The number of ether oxygens (including phenoxy) is 1. The minimum Gasteiger partial charge on any atom is -0.456 e. The molecule has 0 aliphatic heterocycles. The average Bonchev–Trinajstić information content (AvgIpc) is 2.65. The molecule has 0 aliphatic carbocycles. The number of carbonyl (C=O) groups is 3. The maximum absolute atomic E-state index is 12.2. The zero-order valence-corrected chi connectivity index (χ0v) is 15.1. The summed E-state index contributed by atoms with van der Waals surface area (Å²) < 4.78 is 4.93. The van der Waals surface area contributed by atoms with Gasteiger partial charge >= 0.3 is 5.97 Å². The predicted molar refractivity (Wildman–Crippen MR) is 98.7 cm³/mol. The minimum atomic E-state index is -0.557. The van der Waals surface area contributed by atoms with Crippen molar-refractivity contribution < 1.29 is 19.1 Å². The minimum absolute atomic E-state index is 0.0435. The molecule has 0 radical (unpaired) electrons. The number of amides is 1. The van der Waals surface area contributed by atoms with E-state index in [0.717, 1.165) is 16.7 Å². The van der Waals surface area contributed by atoms with E-state index in [2.05, 4.69) is 5.32 Å². The summed E-state index contributed by atoms with van der Waals surface area (Å²) in [6.07, 6.45) is 0.0208. The van der Waals surface area contributed by atoms with Crippen LogP contribution in [-0.2, 0) is 20.9 Å². The number of benzene rings is 2. The number of hydrogen-bond acceptors (Lipinski definition) is 4. The molecular weight excluding hydrogens is 330 g/mol. The van der Waals surface area contributed by atoms with E-state index in [4.69, 9.17) is 4.74 Å². The van der Waals surface area contributed by atoms with Gasteiger partial charge in [-0.05, 0) is 31.0 Å². The summed E-state index contributed by atoms with van der Waals surface area (Å²) in [5.41, 5.74) is 3.47. The lowest BCUT2D eigenvalue weighted by Gasteiger charge is -2.08. The standard InChI is InChI=1S/C21H23NO4/c1-15-8-9-16(2)18(12-15)19(23)10-11-21(25)26-14-20(24)22-13-17-6-4-3-5-7-17/h3-9,12H,10-11,13-14H2,1-2H3,(H,22,24). The van der Waals surface area contributed by atoms with Gasteiger partial charge in [-0.25, -0.2) is 0 Å². The summed E-state index contributed by atoms with van der Waals surface area (Å²) in [6, 6.07) is 15.1. The summed E-state index contributed by atoms with van der Waals surface area (Å²) in [5.74, 6) is -1.03. The Morgan fingerprint density at radius 2 is 1.69 bits per heavy atom. The fourth-order valence-electron chi connectivity index (χ4n) is 2.45. The molecule has 1 amide bonds. The lowest BCUT2D eigenvalue weighted by Crippen LogP contribution is -2.28. The Balaban J connectivity index is 1.70. The van der Waals surface area contributed by atoms with Crippen molar-refractivity contribution in [3.8, 4) is 0 Å². The fraction of sp³-hybridized carbons (Fsp3) is 0.286. The highest BCUT2D eigenvalue weighted by Crippen LogP contribution is 2.14. The second-order valence-electron chi connectivity index (χ2n) is 6.16. The molecule has 5 nitrogen and oxygen atoms in total. The van der Waals surface area contributed by atoms with Crippen molar-refractivity contribution in [1.82, 2.24) is 5.32 Å². The van der Waals surface area contributed by atoms with Gasteiger partial charge in [0.1, 0.15) is 0 Å². The SMILES string of the molecule is Cc1ccc(C)c(C(=O)CCC(=O)OCC(=O)NCc2ccccc2)c1. The van der Waals surface area contributed by atoms with E-state index in [0.29, 0.717) is 12.1 Å². The van der Waals surface area contributed by atoms with E-state index in [1.807, 2.05) is 62.4 Å². The summed E-state index contributed by atoms with van der Waals surface area (Å²) >= 11 is 0. The number of aryl methyl sites for hydroxylation is 2. The highest BCUT2D eigenvalue weighted by atomic mass is 16.5. The summed E-state index contributed by atoms with van der Waals surface area (Å²) in [7, 11) is 0. The van der Waals surface area contributed by atoms with Gasteiger partial charge in [0.25, 0.3) is 5.91 Å². The van der Waals surface area contributed by atoms with Gasteiger partial charge in [0.15, 0.2) is 12.4 Å². The lowest BCUT2D eigenvalue weighted by atomic mass is 9.99. The molecule has 0 saturated carbocycles. The normalized spacial score (nSPS) is 10.2. The third-order valence-electron chi connectivity index (χ3n) is 3.95. The van der Waals surface area contributed by atoms with E-state index < -0.39 is 5.97 Å². The van der Waals surface area contributed by atoms with Gasteiger partial charge in [-0.3, -0.25) is 14.4 Å². The van der Waals surface area contributed by atoms with Crippen molar-refractivity contribution >= 4 is 17.7 Å². The Morgan fingerprint density at radius 1 is 0.962 bits per heavy atom. The molecule has 5 heteroatoms. The summed E-state index contributed by atoms with van der Waals surface area (Å²) in [4.78, 5) is 35.7. The Morgan fingerprint density at radius 3 is 2.42 bits per heavy atom. The van der Waals surface area contributed by atoms with Crippen molar-refractivity contribution in [2.45, 2.75) is 33.2 Å². The molecule has 0 bridgehead atoms. The van der Waals surface area contributed by atoms with Crippen LogP contribution in [-0.4, -0.2) is 24.3 Å². The average molecular weight is 353 g/mol. The van der Waals surface area contributed by atoms with Crippen LogP contribution >= 0.6 is 0 Å². The number of ketones is 1. The second kappa shape index (κ2) is 9.51. The van der Waals surface area contributed by atoms with E-state index in [-0.39, 0.29) is 31.1 Å². The molecule has 136 valence electrons. The molecule has 0 heterocycles. The van der Waals surface area contributed by atoms with Gasteiger partial charge in [-0.1, -0.05) is 48.0 Å². The van der Waals surface area contributed by atoms with Crippen LogP contribution in [0.4, 0.5) is 0 Å². The molecule has 0 aromatic heterocycles. The quantitative estimate of drug-likeness (QED) is 0.585. The first kappa shape index (κ1) is 19.4. The van der Waals surface area contributed by atoms with Gasteiger partial charge in [-0.15, -0.1) is 0 Å². The molecule has 0 fully saturated rings. The van der Waals surface area contributed by atoms with Crippen LogP contribution in [0.15, 0.2) is 48.5 Å². The van der Waals surface area contributed by atoms with Gasteiger partial charge in [0, 0.05) is 18.5 Å². The molecule has 0 aliphatic rings. The molecule has 2 aromatic rings. The van der Waals surface area contributed by atoms with E-state index in [1.165, 1.54) is 0 Å². The largest absolute Gasteiger partial charge is 0.456 e. The molecule has 0 spiro atoms. The molecule has 2 rings (SSSR count). The van der Waals surface area contributed by atoms with Crippen LogP contribution in [0.1, 0.15) is 39.9 Å². The number of esters is 1. The Kier molecular flexibility index (Phi) is 7.09. The Bertz CT molecular complexity index is 784. The van der Waals surface area contributed by atoms with Crippen molar-refractivity contribution in [2.75, 3.05) is 6.61 Å². The Labute approximate surface area is 153 Å². The zero-order valence-electron chi connectivity index (χ0n) is 15.1. The number of Topliss-reactive ketones (excluding diaryl/α,β-unsaturated/α-hetero) is 1. The lowest BCUT2D eigenvalue weighted by molar-refractivity contribution is -0.148. The maximum Gasteiger partial charge on any atom is 0.306 e. The molecule has 26 heavy (non-hydrogen) atoms. The highest BCUT2D eigenvalue weighted by molar-refractivity contribution is 5.99. The number of rotatable bonds is 8. The maximum atomic E-state index is 12.2. The summed E-state index contributed by atoms with van der Waals surface area (Å²) in [5, 5.41) is 2.68. The van der Waals surface area contributed by atoms with Crippen LogP contribution < -0.4 is 5.32 Å². The topological polar surface area (TPSA) is 72.5 Å². The van der Waals surface area contributed by atoms with Crippen molar-refractivity contribution in [1.29, 1.82) is 0 Å². The molecule has 2 aromatic carbocycles. The smallest absolute Gasteiger partial charge is 0.306 e. The van der Waals surface area contributed by atoms with Crippen LogP contribution in [0.3, 0.4) is 0 Å². The van der Waals surface area contributed by atoms with Crippen molar-refractivity contribution in [2.24, 2.45) is 0 Å². The van der Waals surface area contributed by atoms with E-state index >= 15 is 0 Å². The van der Waals surface area contributed by atoms with Crippen LogP contribution in [0.25, 0.3) is 0 Å². The van der Waals surface area contributed by atoms with Crippen LogP contribution in [0.5, 0.6) is 0 Å². The monoisotopic (exact) mass is 353 g/mol. The Hall–Kier alpha value is -2.95. The van der Waals surface area contributed by atoms with Gasteiger partial charge < -0.3 is 10.1 Å². The molecule has 0 saturated heterocycles. The first-order valence-electron chi connectivity index (χ1n) is 8.52. The zero-order chi connectivity index (χ0) is 18.9. The number of carbonyl (C=O) groups excluding carboxylic acids is 3. The molecule has 0 atom stereocenters. The second-order valence-corrected chi connectivity index (χ2v) is 6.16. The number of hydrogen-bond donors (Lipinski definition) is 1.